The Hall–Kier alpha value is -3.36. The summed E-state index contributed by atoms with van der Waals surface area (Å²) in [5, 5.41) is 12.3. The Kier molecular flexibility index (Phi) is 7.57. The Morgan fingerprint density at radius 1 is 1.17 bits per heavy atom. The fourth-order valence-corrected chi connectivity index (χ4v) is 3.00. The van der Waals surface area contributed by atoms with Crippen molar-refractivity contribution in [3.05, 3.63) is 41.2 Å². The Balaban J connectivity index is 2.00. The zero-order valence-electron chi connectivity index (χ0n) is 18.2. The minimum Gasteiger partial charge on any atom is -0.496 e. The minimum atomic E-state index is -0.808. The molecule has 9 heteroatoms. The van der Waals surface area contributed by atoms with Gasteiger partial charge in [0.1, 0.15) is 11.8 Å². The second-order valence-corrected chi connectivity index (χ2v) is 7.33. The molecule has 2 aromatic rings. The van der Waals surface area contributed by atoms with Crippen molar-refractivity contribution in [3.63, 3.8) is 0 Å². The Labute approximate surface area is 176 Å². The summed E-state index contributed by atoms with van der Waals surface area (Å²) in [5.41, 5.74) is 2.47. The van der Waals surface area contributed by atoms with Crippen LogP contribution in [0.1, 0.15) is 35.6 Å². The topological polar surface area (TPSA) is 114 Å². The lowest BCUT2D eigenvalue weighted by molar-refractivity contribution is -0.126. The summed E-state index contributed by atoms with van der Waals surface area (Å²) in [7, 11) is 3.26. The molecule has 3 N–H and O–H groups in total. The maximum atomic E-state index is 12.6. The van der Waals surface area contributed by atoms with E-state index in [1.165, 1.54) is 7.11 Å². The largest absolute Gasteiger partial charge is 0.496 e. The lowest BCUT2D eigenvalue weighted by Gasteiger charge is -2.22. The third kappa shape index (κ3) is 5.37. The smallest absolute Gasteiger partial charge is 0.255 e. The maximum Gasteiger partial charge on any atom is 0.255 e. The Bertz CT molecular complexity index is 935. The molecule has 162 valence electrons. The highest BCUT2D eigenvalue weighted by atomic mass is 16.5. The van der Waals surface area contributed by atoms with Crippen molar-refractivity contribution in [2.24, 2.45) is 13.0 Å². The van der Waals surface area contributed by atoms with Crippen LogP contribution in [0.4, 0.5) is 5.69 Å². The zero-order chi connectivity index (χ0) is 22.4. The van der Waals surface area contributed by atoms with Gasteiger partial charge in [0.05, 0.1) is 36.3 Å². The van der Waals surface area contributed by atoms with Crippen LogP contribution >= 0.6 is 0 Å². The number of para-hydroxylation sites is 1. The van der Waals surface area contributed by atoms with Gasteiger partial charge in [-0.2, -0.15) is 5.10 Å². The summed E-state index contributed by atoms with van der Waals surface area (Å²) in [6, 6.07) is 5.96. The molecular formula is C21H29N5O4. The first-order chi connectivity index (χ1) is 14.1. The molecule has 0 aliphatic heterocycles. The summed E-state index contributed by atoms with van der Waals surface area (Å²) < 4.78 is 6.88. The molecule has 0 fully saturated rings. The first kappa shape index (κ1) is 22.9. The van der Waals surface area contributed by atoms with E-state index in [1.807, 2.05) is 20.8 Å². The number of anilines is 1. The minimum absolute atomic E-state index is 0.186. The van der Waals surface area contributed by atoms with Crippen LogP contribution in [0.5, 0.6) is 5.75 Å². The van der Waals surface area contributed by atoms with E-state index in [2.05, 4.69) is 21.0 Å². The van der Waals surface area contributed by atoms with Crippen molar-refractivity contribution in [1.82, 2.24) is 20.4 Å². The van der Waals surface area contributed by atoms with Crippen molar-refractivity contribution >= 4 is 23.4 Å². The summed E-state index contributed by atoms with van der Waals surface area (Å²) in [6.07, 6.45) is 0. The Morgan fingerprint density at radius 2 is 1.83 bits per heavy atom. The first-order valence-corrected chi connectivity index (χ1v) is 9.67. The molecule has 1 heterocycles. The SMILES string of the molecule is COc1ccccc1C(=O)N[C@H](C(=O)NCC(=O)Nc1c(C)nn(C)c1C)C(C)C. The average Bonchev–Trinajstić information content (AvgIpc) is 2.95. The van der Waals surface area contributed by atoms with Gasteiger partial charge in [-0.05, 0) is 31.9 Å². The highest BCUT2D eigenvalue weighted by Crippen LogP contribution is 2.19. The molecule has 1 aromatic heterocycles. The van der Waals surface area contributed by atoms with E-state index in [0.29, 0.717) is 22.7 Å². The van der Waals surface area contributed by atoms with Crippen molar-refractivity contribution in [2.75, 3.05) is 19.0 Å². The van der Waals surface area contributed by atoms with Gasteiger partial charge < -0.3 is 20.7 Å². The van der Waals surface area contributed by atoms with Gasteiger partial charge in [0.2, 0.25) is 11.8 Å². The molecule has 1 atom stereocenters. The number of methoxy groups -OCH3 is 1. The van der Waals surface area contributed by atoms with Crippen LogP contribution in [0.25, 0.3) is 0 Å². The summed E-state index contributed by atoms with van der Waals surface area (Å²) >= 11 is 0. The third-order valence-corrected chi connectivity index (χ3v) is 4.78. The normalized spacial score (nSPS) is 11.7. The van der Waals surface area contributed by atoms with Crippen LogP contribution in [-0.4, -0.2) is 47.2 Å². The standard InChI is InChI=1S/C21H29N5O4/c1-12(2)18(24-20(28)15-9-7-8-10-16(15)30-6)21(29)22-11-17(27)23-19-13(3)25-26(5)14(19)4/h7-10,12,18H,11H2,1-6H3,(H,22,29)(H,23,27)(H,24,28)/t18-/m0/s1. The van der Waals surface area contributed by atoms with Gasteiger partial charge in [0.15, 0.2) is 0 Å². The molecule has 0 aliphatic rings. The number of carbonyl (C=O) groups is 3. The molecule has 30 heavy (non-hydrogen) atoms. The van der Waals surface area contributed by atoms with Crippen molar-refractivity contribution in [3.8, 4) is 5.75 Å². The Morgan fingerprint density at radius 3 is 2.40 bits per heavy atom. The number of nitrogens with one attached hydrogen (secondary N) is 3. The van der Waals surface area contributed by atoms with Crippen LogP contribution in [0, 0.1) is 19.8 Å². The van der Waals surface area contributed by atoms with Gasteiger partial charge in [-0.15, -0.1) is 0 Å². The predicted molar refractivity (Wildman–Crippen MR) is 113 cm³/mol. The van der Waals surface area contributed by atoms with Crippen LogP contribution in [0.15, 0.2) is 24.3 Å². The predicted octanol–water partition coefficient (Wildman–Crippen LogP) is 1.55. The second kappa shape index (κ2) is 9.91. The maximum absolute atomic E-state index is 12.6. The van der Waals surface area contributed by atoms with E-state index in [0.717, 1.165) is 5.69 Å². The quantitative estimate of drug-likeness (QED) is 0.605. The van der Waals surface area contributed by atoms with E-state index >= 15 is 0 Å². The lowest BCUT2D eigenvalue weighted by Crippen LogP contribution is -2.51. The number of aromatic nitrogens is 2. The van der Waals surface area contributed by atoms with E-state index in [1.54, 1.807) is 42.9 Å². The van der Waals surface area contributed by atoms with Crippen LogP contribution in [0.3, 0.4) is 0 Å². The number of ether oxygens (including phenoxy) is 1. The van der Waals surface area contributed by atoms with E-state index in [4.69, 9.17) is 4.74 Å². The number of hydrogen-bond donors (Lipinski definition) is 3. The zero-order valence-corrected chi connectivity index (χ0v) is 18.2. The molecule has 9 nitrogen and oxygen atoms in total. The van der Waals surface area contributed by atoms with Gasteiger partial charge in [-0.25, -0.2) is 0 Å². The average molecular weight is 415 g/mol. The van der Waals surface area contributed by atoms with Crippen LogP contribution in [0.2, 0.25) is 0 Å². The van der Waals surface area contributed by atoms with Gasteiger partial charge in [-0.3, -0.25) is 19.1 Å². The van der Waals surface area contributed by atoms with Crippen LogP contribution < -0.4 is 20.7 Å². The summed E-state index contributed by atoms with van der Waals surface area (Å²) in [5.74, 6) is -1.01. The molecule has 2 rings (SSSR count). The van der Waals surface area contributed by atoms with Gasteiger partial charge in [0, 0.05) is 7.05 Å². The van der Waals surface area contributed by atoms with Crippen molar-refractivity contribution < 1.29 is 19.1 Å². The molecule has 0 radical (unpaired) electrons. The molecule has 0 aliphatic carbocycles. The molecular weight excluding hydrogens is 386 g/mol. The van der Waals surface area contributed by atoms with Gasteiger partial charge in [0.25, 0.3) is 5.91 Å². The highest BCUT2D eigenvalue weighted by Gasteiger charge is 2.26. The van der Waals surface area contributed by atoms with E-state index in [-0.39, 0.29) is 18.4 Å². The number of rotatable bonds is 8. The highest BCUT2D eigenvalue weighted by molar-refractivity contribution is 6.00. The number of carbonyl (C=O) groups excluding carboxylic acids is 3. The molecule has 0 unspecified atom stereocenters. The molecule has 1 aromatic carbocycles. The number of amides is 3. The molecule has 0 saturated heterocycles. The number of hydrogen-bond acceptors (Lipinski definition) is 5. The monoisotopic (exact) mass is 415 g/mol. The second-order valence-electron chi connectivity index (χ2n) is 7.33. The van der Waals surface area contributed by atoms with Crippen molar-refractivity contribution in [2.45, 2.75) is 33.7 Å². The van der Waals surface area contributed by atoms with Crippen molar-refractivity contribution in [1.29, 1.82) is 0 Å². The third-order valence-electron chi connectivity index (χ3n) is 4.78. The fourth-order valence-electron chi connectivity index (χ4n) is 3.00. The molecule has 0 spiro atoms. The number of nitrogens with zero attached hydrogens (tertiary/aromatic N) is 2. The molecule has 3 amide bonds. The lowest BCUT2D eigenvalue weighted by atomic mass is 10.0. The molecule has 0 saturated carbocycles. The number of aryl methyl sites for hydroxylation is 2. The van der Waals surface area contributed by atoms with Gasteiger partial charge in [-0.1, -0.05) is 26.0 Å². The van der Waals surface area contributed by atoms with E-state index in [9.17, 15) is 14.4 Å². The first-order valence-electron chi connectivity index (χ1n) is 9.67. The number of benzene rings is 1. The van der Waals surface area contributed by atoms with E-state index < -0.39 is 17.9 Å². The summed E-state index contributed by atoms with van der Waals surface area (Å²) in [6.45, 7) is 7.05. The molecule has 0 bridgehead atoms. The van der Waals surface area contributed by atoms with Gasteiger partial charge >= 0.3 is 0 Å². The van der Waals surface area contributed by atoms with Crippen LogP contribution in [-0.2, 0) is 16.6 Å². The summed E-state index contributed by atoms with van der Waals surface area (Å²) in [4.78, 5) is 37.6. The fraction of sp³-hybridized carbons (Fsp3) is 0.429.